The molecule has 1 rings (SSSR count). The van der Waals surface area contributed by atoms with E-state index in [1.54, 1.807) is 0 Å². The van der Waals surface area contributed by atoms with Crippen LogP contribution in [0.25, 0.3) is 0 Å². The van der Waals surface area contributed by atoms with E-state index >= 15 is 0 Å². The number of hydrogen-bond acceptors (Lipinski definition) is 1. The first-order valence-electron chi connectivity index (χ1n) is 7.40. The average molecular weight is 264 g/mol. The molecule has 0 N–H and O–H groups in total. The van der Waals surface area contributed by atoms with Crippen LogP contribution >= 0.6 is 0 Å². The number of hydrogen-bond donors (Lipinski definition) is 0. The number of allylic oxidation sites excluding steroid dienone is 4. The molecule has 0 aromatic rings. The highest BCUT2D eigenvalue weighted by Crippen LogP contribution is 2.31. The molecular weight excluding hydrogens is 236 g/mol. The summed E-state index contributed by atoms with van der Waals surface area (Å²) in [5.41, 5.74) is 1.34. The molecular formula is C16H28OSi. The number of Topliss-reactive ketones (excluding diaryl/α,β-unsaturated/α-hetero) is 1. The molecule has 0 aromatic heterocycles. The third-order valence-corrected chi connectivity index (χ3v) is 5.61. The second-order valence-corrected chi connectivity index (χ2v) is 11.3. The molecule has 0 amide bonds. The third-order valence-electron chi connectivity index (χ3n) is 3.51. The van der Waals surface area contributed by atoms with Crippen LogP contribution in [0.3, 0.4) is 0 Å². The SMILES string of the molecule is CCCCCC/C=C/C1=C([Si](C)(C)C)C(=O)CC1. The van der Waals surface area contributed by atoms with Crippen LogP contribution in [0, 0.1) is 0 Å². The summed E-state index contributed by atoms with van der Waals surface area (Å²) in [6.07, 6.45) is 12.7. The molecule has 0 aliphatic heterocycles. The van der Waals surface area contributed by atoms with Gasteiger partial charge in [0.2, 0.25) is 0 Å². The lowest BCUT2D eigenvalue weighted by atomic mass is 10.1. The van der Waals surface area contributed by atoms with E-state index in [1.165, 1.54) is 36.5 Å². The maximum atomic E-state index is 11.9. The van der Waals surface area contributed by atoms with Crippen molar-refractivity contribution >= 4 is 13.9 Å². The highest BCUT2D eigenvalue weighted by Gasteiger charge is 2.31. The van der Waals surface area contributed by atoms with E-state index in [9.17, 15) is 4.79 Å². The van der Waals surface area contributed by atoms with Crippen LogP contribution in [0.1, 0.15) is 51.9 Å². The fraction of sp³-hybridized carbons (Fsp3) is 0.688. The van der Waals surface area contributed by atoms with Crippen molar-refractivity contribution in [2.45, 2.75) is 71.5 Å². The topological polar surface area (TPSA) is 17.1 Å². The Hall–Kier alpha value is -0.633. The highest BCUT2D eigenvalue weighted by molar-refractivity contribution is 6.87. The normalized spacial score (nSPS) is 17.2. The van der Waals surface area contributed by atoms with Crippen molar-refractivity contribution in [1.29, 1.82) is 0 Å². The minimum atomic E-state index is -1.45. The van der Waals surface area contributed by atoms with E-state index < -0.39 is 8.07 Å². The van der Waals surface area contributed by atoms with Gasteiger partial charge in [-0.2, -0.15) is 0 Å². The van der Waals surface area contributed by atoms with Gasteiger partial charge in [-0.25, -0.2) is 0 Å². The zero-order valence-corrected chi connectivity index (χ0v) is 13.5. The van der Waals surface area contributed by atoms with Gasteiger partial charge in [0.25, 0.3) is 0 Å². The lowest BCUT2D eigenvalue weighted by Gasteiger charge is -2.18. The van der Waals surface area contributed by atoms with Crippen molar-refractivity contribution in [2.75, 3.05) is 0 Å². The number of unbranched alkanes of at least 4 members (excludes halogenated alkanes) is 4. The van der Waals surface area contributed by atoms with Crippen molar-refractivity contribution in [3.63, 3.8) is 0 Å². The Morgan fingerprint density at radius 2 is 1.83 bits per heavy atom. The van der Waals surface area contributed by atoms with Gasteiger partial charge in [-0.05, 0) is 30.0 Å². The highest BCUT2D eigenvalue weighted by atomic mass is 28.3. The van der Waals surface area contributed by atoms with Crippen LogP contribution in [-0.4, -0.2) is 13.9 Å². The molecule has 0 heterocycles. The summed E-state index contributed by atoms with van der Waals surface area (Å²) in [6, 6.07) is 0. The number of rotatable bonds is 7. The van der Waals surface area contributed by atoms with Crippen molar-refractivity contribution in [1.82, 2.24) is 0 Å². The molecule has 0 atom stereocenters. The standard InChI is InChI=1S/C16H28OSi/c1-5-6-7-8-9-10-11-14-12-13-15(17)16(14)18(2,3)4/h10-11H,5-9,12-13H2,1-4H3/b11-10+. The van der Waals surface area contributed by atoms with Crippen LogP contribution in [0.15, 0.2) is 22.9 Å². The Kier molecular flexibility index (Phi) is 6.07. The fourth-order valence-corrected chi connectivity index (χ4v) is 4.79. The van der Waals surface area contributed by atoms with E-state index in [0.29, 0.717) is 5.78 Å². The Bertz CT molecular complexity index is 345. The molecule has 0 unspecified atom stereocenters. The van der Waals surface area contributed by atoms with Crippen LogP contribution in [-0.2, 0) is 4.79 Å². The minimum absolute atomic E-state index is 0.416. The van der Waals surface area contributed by atoms with Gasteiger partial charge in [0.15, 0.2) is 5.78 Å². The summed E-state index contributed by atoms with van der Waals surface area (Å²) in [5, 5.41) is 1.20. The van der Waals surface area contributed by atoms with Crippen molar-refractivity contribution < 1.29 is 4.79 Å². The molecule has 102 valence electrons. The summed E-state index contributed by atoms with van der Waals surface area (Å²) < 4.78 is 0. The second-order valence-electron chi connectivity index (χ2n) is 6.33. The first-order chi connectivity index (χ1) is 8.46. The Morgan fingerprint density at radius 1 is 1.11 bits per heavy atom. The molecule has 1 aliphatic carbocycles. The molecule has 18 heavy (non-hydrogen) atoms. The number of carbonyl (C=O) groups is 1. The molecule has 0 radical (unpaired) electrons. The van der Waals surface area contributed by atoms with Gasteiger partial charge >= 0.3 is 0 Å². The van der Waals surface area contributed by atoms with Crippen LogP contribution in [0.2, 0.25) is 19.6 Å². The van der Waals surface area contributed by atoms with E-state index in [2.05, 4.69) is 38.7 Å². The summed E-state index contributed by atoms with van der Waals surface area (Å²) in [6.45, 7) is 9.08. The average Bonchev–Trinajstić information content (AvgIpc) is 2.64. The van der Waals surface area contributed by atoms with Gasteiger partial charge in [0.05, 0.1) is 8.07 Å². The summed E-state index contributed by atoms with van der Waals surface area (Å²) >= 11 is 0. The molecule has 0 saturated heterocycles. The zero-order chi connectivity index (χ0) is 13.6. The zero-order valence-electron chi connectivity index (χ0n) is 12.5. The van der Waals surface area contributed by atoms with Gasteiger partial charge in [-0.1, -0.05) is 58.0 Å². The summed E-state index contributed by atoms with van der Waals surface area (Å²) in [4.78, 5) is 11.9. The molecule has 0 fully saturated rings. The monoisotopic (exact) mass is 264 g/mol. The minimum Gasteiger partial charge on any atom is -0.295 e. The van der Waals surface area contributed by atoms with E-state index in [4.69, 9.17) is 0 Å². The maximum Gasteiger partial charge on any atom is 0.155 e. The van der Waals surface area contributed by atoms with Gasteiger partial charge in [0, 0.05) is 6.42 Å². The lowest BCUT2D eigenvalue weighted by Crippen LogP contribution is -2.28. The summed E-state index contributed by atoms with van der Waals surface area (Å²) in [5.74, 6) is 0.416. The first kappa shape index (κ1) is 15.4. The molecule has 2 heteroatoms. The van der Waals surface area contributed by atoms with Crippen molar-refractivity contribution in [3.8, 4) is 0 Å². The Labute approximate surface area is 113 Å². The maximum absolute atomic E-state index is 11.9. The smallest absolute Gasteiger partial charge is 0.155 e. The summed E-state index contributed by atoms with van der Waals surface area (Å²) in [7, 11) is -1.45. The van der Waals surface area contributed by atoms with Crippen LogP contribution in [0.5, 0.6) is 0 Å². The Morgan fingerprint density at radius 3 is 2.44 bits per heavy atom. The predicted octanol–water partition coefficient (Wildman–Crippen LogP) is 5.05. The molecule has 1 nitrogen and oxygen atoms in total. The van der Waals surface area contributed by atoms with Gasteiger partial charge in [0.1, 0.15) is 0 Å². The number of carbonyl (C=O) groups excluding carboxylic acids is 1. The largest absolute Gasteiger partial charge is 0.295 e. The van der Waals surface area contributed by atoms with E-state index in [0.717, 1.165) is 19.3 Å². The predicted molar refractivity (Wildman–Crippen MR) is 82.5 cm³/mol. The Balaban J connectivity index is 2.56. The quantitative estimate of drug-likeness (QED) is 0.464. The molecule has 0 saturated carbocycles. The molecule has 0 aromatic carbocycles. The van der Waals surface area contributed by atoms with E-state index in [1.807, 2.05) is 0 Å². The molecule has 1 aliphatic rings. The van der Waals surface area contributed by atoms with Gasteiger partial charge < -0.3 is 0 Å². The van der Waals surface area contributed by atoms with Crippen LogP contribution < -0.4 is 0 Å². The molecule has 0 bridgehead atoms. The van der Waals surface area contributed by atoms with Crippen molar-refractivity contribution in [2.24, 2.45) is 0 Å². The lowest BCUT2D eigenvalue weighted by molar-refractivity contribution is -0.114. The first-order valence-corrected chi connectivity index (χ1v) is 10.9. The van der Waals surface area contributed by atoms with E-state index in [-0.39, 0.29) is 0 Å². The third kappa shape index (κ3) is 4.56. The van der Waals surface area contributed by atoms with Gasteiger partial charge in [-0.15, -0.1) is 0 Å². The number of ketones is 1. The van der Waals surface area contributed by atoms with Crippen molar-refractivity contribution in [3.05, 3.63) is 22.9 Å². The van der Waals surface area contributed by atoms with Crippen LogP contribution in [0.4, 0.5) is 0 Å². The van der Waals surface area contributed by atoms with Gasteiger partial charge in [-0.3, -0.25) is 4.79 Å². The second kappa shape index (κ2) is 7.08. The fourth-order valence-electron chi connectivity index (χ4n) is 2.66. The molecule has 0 spiro atoms.